The van der Waals surface area contributed by atoms with E-state index in [0.717, 1.165) is 32.8 Å². The lowest BCUT2D eigenvalue weighted by atomic mass is 10.1. The molecule has 0 aromatic rings. The van der Waals surface area contributed by atoms with Crippen molar-refractivity contribution >= 4 is 6.03 Å². The number of hydrogen-bond donors (Lipinski definition) is 2. The van der Waals surface area contributed by atoms with Gasteiger partial charge in [-0.25, -0.2) is 4.79 Å². The second kappa shape index (κ2) is 6.21. The lowest BCUT2D eigenvalue weighted by Crippen LogP contribution is -2.52. The maximum atomic E-state index is 11.6. The highest BCUT2D eigenvalue weighted by Crippen LogP contribution is 2.00. The van der Waals surface area contributed by atoms with E-state index in [1.54, 1.807) is 0 Å². The largest absolute Gasteiger partial charge is 0.379 e. The standard InChI is InChI=1S/C12H25N3O2/c1-10(9-15-5-7-17-8-6-15)13-11(16)14-12(2,3)4/h10H,5-9H2,1-4H3,(H2,13,14,16). The van der Waals surface area contributed by atoms with Crippen molar-refractivity contribution in [2.75, 3.05) is 32.8 Å². The summed E-state index contributed by atoms with van der Waals surface area (Å²) >= 11 is 0. The number of rotatable bonds is 3. The summed E-state index contributed by atoms with van der Waals surface area (Å²) in [5.74, 6) is 0. The fourth-order valence-electron chi connectivity index (χ4n) is 1.82. The van der Waals surface area contributed by atoms with Gasteiger partial charge in [-0.15, -0.1) is 0 Å². The molecule has 100 valence electrons. The quantitative estimate of drug-likeness (QED) is 0.771. The molecule has 2 N–H and O–H groups in total. The van der Waals surface area contributed by atoms with Crippen LogP contribution < -0.4 is 10.6 Å². The van der Waals surface area contributed by atoms with Crippen molar-refractivity contribution < 1.29 is 9.53 Å². The molecule has 0 bridgehead atoms. The van der Waals surface area contributed by atoms with E-state index in [1.165, 1.54) is 0 Å². The van der Waals surface area contributed by atoms with Gasteiger partial charge in [-0.1, -0.05) is 0 Å². The molecule has 17 heavy (non-hydrogen) atoms. The molecular weight excluding hydrogens is 218 g/mol. The fourth-order valence-corrected chi connectivity index (χ4v) is 1.82. The summed E-state index contributed by atoms with van der Waals surface area (Å²) in [4.78, 5) is 14.0. The third-order valence-corrected chi connectivity index (χ3v) is 2.50. The van der Waals surface area contributed by atoms with Gasteiger partial charge in [0.05, 0.1) is 13.2 Å². The molecule has 1 rings (SSSR count). The zero-order valence-corrected chi connectivity index (χ0v) is 11.4. The van der Waals surface area contributed by atoms with Gasteiger partial charge in [-0.2, -0.15) is 0 Å². The van der Waals surface area contributed by atoms with Crippen molar-refractivity contribution in [2.45, 2.75) is 39.3 Å². The van der Waals surface area contributed by atoms with Gasteiger partial charge >= 0.3 is 6.03 Å². The van der Waals surface area contributed by atoms with E-state index in [1.807, 2.05) is 27.7 Å². The lowest BCUT2D eigenvalue weighted by molar-refractivity contribution is 0.0349. The molecule has 0 spiro atoms. The number of nitrogens with one attached hydrogen (secondary N) is 2. The van der Waals surface area contributed by atoms with Gasteiger partial charge in [0.15, 0.2) is 0 Å². The molecule has 0 aromatic heterocycles. The molecule has 1 saturated heterocycles. The number of amides is 2. The molecule has 2 amide bonds. The van der Waals surface area contributed by atoms with Crippen LogP contribution in [0, 0.1) is 0 Å². The van der Waals surface area contributed by atoms with Gasteiger partial charge < -0.3 is 15.4 Å². The van der Waals surface area contributed by atoms with Gasteiger partial charge in [0.25, 0.3) is 0 Å². The van der Waals surface area contributed by atoms with Crippen LogP contribution in [0.4, 0.5) is 4.79 Å². The van der Waals surface area contributed by atoms with Crippen LogP contribution in [0.25, 0.3) is 0 Å². The minimum absolute atomic E-state index is 0.0988. The number of urea groups is 1. The van der Waals surface area contributed by atoms with Crippen molar-refractivity contribution in [3.05, 3.63) is 0 Å². The normalized spacial score (nSPS) is 19.8. The van der Waals surface area contributed by atoms with Gasteiger partial charge in [0.1, 0.15) is 0 Å². The molecule has 1 heterocycles. The molecular formula is C12H25N3O2. The van der Waals surface area contributed by atoms with E-state index < -0.39 is 0 Å². The summed E-state index contributed by atoms with van der Waals surface area (Å²) in [5, 5.41) is 5.85. The Morgan fingerprint density at radius 2 is 1.94 bits per heavy atom. The van der Waals surface area contributed by atoms with Crippen LogP contribution in [-0.2, 0) is 4.74 Å². The average Bonchev–Trinajstić information content (AvgIpc) is 2.15. The third-order valence-electron chi connectivity index (χ3n) is 2.50. The Kier molecular flexibility index (Phi) is 5.21. The lowest BCUT2D eigenvalue weighted by Gasteiger charge is -2.30. The monoisotopic (exact) mass is 243 g/mol. The van der Waals surface area contributed by atoms with Crippen LogP contribution in [0.5, 0.6) is 0 Å². The van der Waals surface area contributed by atoms with E-state index in [9.17, 15) is 4.79 Å². The van der Waals surface area contributed by atoms with Crippen molar-refractivity contribution in [1.29, 1.82) is 0 Å². The molecule has 0 saturated carbocycles. The molecule has 1 fully saturated rings. The first kappa shape index (κ1) is 14.3. The van der Waals surface area contributed by atoms with Crippen LogP contribution in [0.2, 0.25) is 0 Å². The predicted molar refractivity (Wildman–Crippen MR) is 68.1 cm³/mol. The molecule has 0 aliphatic carbocycles. The van der Waals surface area contributed by atoms with Crippen molar-refractivity contribution in [1.82, 2.24) is 15.5 Å². The maximum Gasteiger partial charge on any atom is 0.315 e. The second-order valence-electron chi connectivity index (χ2n) is 5.66. The topological polar surface area (TPSA) is 53.6 Å². The summed E-state index contributed by atoms with van der Waals surface area (Å²) in [6.45, 7) is 12.3. The van der Waals surface area contributed by atoms with Crippen molar-refractivity contribution in [2.24, 2.45) is 0 Å². The maximum absolute atomic E-state index is 11.6. The van der Waals surface area contributed by atoms with E-state index in [2.05, 4.69) is 15.5 Å². The van der Waals surface area contributed by atoms with Crippen LogP contribution in [0.3, 0.4) is 0 Å². The molecule has 5 heteroatoms. The van der Waals surface area contributed by atoms with Gasteiger partial charge in [-0.05, 0) is 27.7 Å². The van der Waals surface area contributed by atoms with E-state index >= 15 is 0 Å². The smallest absolute Gasteiger partial charge is 0.315 e. The first-order chi connectivity index (χ1) is 7.87. The zero-order valence-electron chi connectivity index (χ0n) is 11.4. The Bertz CT molecular complexity index is 245. The fraction of sp³-hybridized carbons (Fsp3) is 0.917. The molecule has 0 aromatic carbocycles. The molecule has 1 aliphatic heterocycles. The van der Waals surface area contributed by atoms with Gasteiger partial charge in [-0.3, -0.25) is 4.90 Å². The molecule has 1 atom stereocenters. The molecule has 1 aliphatic rings. The Hall–Kier alpha value is -0.810. The molecule has 1 unspecified atom stereocenters. The first-order valence-electron chi connectivity index (χ1n) is 6.25. The highest BCUT2D eigenvalue weighted by atomic mass is 16.5. The van der Waals surface area contributed by atoms with Crippen LogP contribution in [0.15, 0.2) is 0 Å². The average molecular weight is 243 g/mol. The Balaban J connectivity index is 2.23. The highest BCUT2D eigenvalue weighted by Gasteiger charge is 2.17. The van der Waals surface area contributed by atoms with Crippen LogP contribution in [0.1, 0.15) is 27.7 Å². The van der Waals surface area contributed by atoms with Crippen LogP contribution >= 0.6 is 0 Å². The first-order valence-corrected chi connectivity index (χ1v) is 6.25. The van der Waals surface area contributed by atoms with Crippen molar-refractivity contribution in [3.63, 3.8) is 0 Å². The summed E-state index contributed by atoms with van der Waals surface area (Å²) in [7, 11) is 0. The van der Waals surface area contributed by atoms with Crippen LogP contribution in [-0.4, -0.2) is 55.4 Å². The van der Waals surface area contributed by atoms with E-state index in [-0.39, 0.29) is 17.6 Å². The number of hydrogen-bond acceptors (Lipinski definition) is 3. The number of ether oxygens (including phenoxy) is 1. The summed E-state index contributed by atoms with van der Waals surface area (Å²) in [5.41, 5.74) is -0.192. The van der Waals surface area contributed by atoms with Gasteiger partial charge in [0.2, 0.25) is 0 Å². The van der Waals surface area contributed by atoms with Gasteiger partial charge in [0, 0.05) is 31.2 Å². The number of nitrogens with zero attached hydrogens (tertiary/aromatic N) is 1. The summed E-state index contributed by atoms with van der Waals surface area (Å²) < 4.78 is 5.29. The molecule has 5 nitrogen and oxygen atoms in total. The summed E-state index contributed by atoms with van der Waals surface area (Å²) in [6, 6.07) is 0.0497. The van der Waals surface area contributed by atoms with E-state index in [4.69, 9.17) is 4.74 Å². The number of morpholine rings is 1. The second-order valence-corrected chi connectivity index (χ2v) is 5.66. The Morgan fingerprint density at radius 3 is 2.47 bits per heavy atom. The number of carbonyl (C=O) groups excluding carboxylic acids is 1. The molecule has 0 radical (unpaired) electrons. The Morgan fingerprint density at radius 1 is 1.35 bits per heavy atom. The minimum atomic E-state index is -0.192. The third kappa shape index (κ3) is 6.48. The van der Waals surface area contributed by atoms with Crippen molar-refractivity contribution in [3.8, 4) is 0 Å². The zero-order chi connectivity index (χ0) is 12.9. The Labute approximate surface area is 104 Å². The minimum Gasteiger partial charge on any atom is -0.379 e. The predicted octanol–water partition coefficient (Wildman–Crippen LogP) is 0.805. The number of carbonyl (C=O) groups is 1. The van der Waals surface area contributed by atoms with E-state index in [0.29, 0.717) is 0 Å². The highest BCUT2D eigenvalue weighted by molar-refractivity contribution is 5.74. The SMILES string of the molecule is CC(CN1CCOCC1)NC(=O)NC(C)(C)C. The summed E-state index contributed by atoms with van der Waals surface area (Å²) in [6.07, 6.45) is 0.